The van der Waals surface area contributed by atoms with Gasteiger partial charge in [-0.25, -0.2) is 13.1 Å². The SMILES string of the molecule is CNCCS(=O)(=O)NC1CCCC1. The van der Waals surface area contributed by atoms with Crippen LogP contribution in [0.3, 0.4) is 0 Å². The Hall–Kier alpha value is -0.130. The van der Waals surface area contributed by atoms with Crippen LogP contribution in [-0.2, 0) is 10.0 Å². The molecule has 0 heterocycles. The first kappa shape index (κ1) is 10.9. The molecular formula is C8H18N2O2S. The third kappa shape index (κ3) is 4.06. The van der Waals surface area contributed by atoms with Crippen molar-refractivity contribution in [3.63, 3.8) is 0 Å². The molecule has 1 aliphatic carbocycles. The van der Waals surface area contributed by atoms with Crippen LogP contribution in [0.1, 0.15) is 25.7 Å². The highest BCUT2D eigenvalue weighted by Gasteiger charge is 2.20. The van der Waals surface area contributed by atoms with Gasteiger partial charge in [-0.1, -0.05) is 12.8 Å². The minimum absolute atomic E-state index is 0.181. The van der Waals surface area contributed by atoms with E-state index < -0.39 is 10.0 Å². The fourth-order valence-electron chi connectivity index (χ4n) is 1.59. The topological polar surface area (TPSA) is 58.2 Å². The highest BCUT2D eigenvalue weighted by atomic mass is 32.2. The Morgan fingerprint density at radius 1 is 1.31 bits per heavy atom. The molecule has 13 heavy (non-hydrogen) atoms. The Morgan fingerprint density at radius 2 is 1.92 bits per heavy atom. The van der Waals surface area contributed by atoms with E-state index in [0.717, 1.165) is 25.7 Å². The van der Waals surface area contributed by atoms with Crippen molar-refractivity contribution in [2.45, 2.75) is 31.7 Å². The van der Waals surface area contributed by atoms with Crippen molar-refractivity contribution in [2.24, 2.45) is 0 Å². The summed E-state index contributed by atoms with van der Waals surface area (Å²) in [5, 5.41) is 2.83. The quantitative estimate of drug-likeness (QED) is 0.669. The van der Waals surface area contributed by atoms with E-state index in [9.17, 15) is 8.42 Å². The van der Waals surface area contributed by atoms with Crippen LogP contribution in [0, 0.1) is 0 Å². The zero-order valence-corrected chi connectivity index (χ0v) is 8.86. The van der Waals surface area contributed by atoms with Gasteiger partial charge in [-0.05, 0) is 19.9 Å². The van der Waals surface area contributed by atoms with Gasteiger partial charge in [-0.2, -0.15) is 0 Å². The van der Waals surface area contributed by atoms with Gasteiger partial charge in [-0.3, -0.25) is 0 Å². The molecule has 0 radical (unpaired) electrons. The molecule has 0 aromatic rings. The van der Waals surface area contributed by atoms with Crippen molar-refractivity contribution in [2.75, 3.05) is 19.3 Å². The molecule has 0 bridgehead atoms. The fourth-order valence-corrected chi connectivity index (χ4v) is 2.93. The van der Waals surface area contributed by atoms with Gasteiger partial charge in [0.15, 0.2) is 0 Å². The summed E-state index contributed by atoms with van der Waals surface area (Å²) in [6.45, 7) is 0.516. The second-order valence-electron chi connectivity index (χ2n) is 3.52. The van der Waals surface area contributed by atoms with Crippen LogP contribution in [-0.4, -0.2) is 33.8 Å². The molecule has 0 unspecified atom stereocenters. The smallest absolute Gasteiger partial charge is 0.213 e. The predicted octanol–water partition coefficient (Wildman–Crippen LogP) is 0.0678. The van der Waals surface area contributed by atoms with Gasteiger partial charge in [0.05, 0.1) is 5.75 Å². The minimum Gasteiger partial charge on any atom is -0.319 e. The Kier molecular flexibility index (Phi) is 4.15. The van der Waals surface area contributed by atoms with Gasteiger partial charge in [0.25, 0.3) is 0 Å². The van der Waals surface area contributed by atoms with Crippen molar-refractivity contribution in [1.29, 1.82) is 0 Å². The molecule has 0 aromatic carbocycles. The molecule has 0 atom stereocenters. The molecule has 4 nitrogen and oxygen atoms in total. The largest absolute Gasteiger partial charge is 0.319 e. The third-order valence-electron chi connectivity index (χ3n) is 2.32. The van der Waals surface area contributed by atoms with E-state index in [0.29, 0.717) is 6.54 Å². The van der Waals surface area contributed by atoms with Crippen LogP contribution in [0.25, 0.3) is 0 Å². The van der Waals surface area contributed by atoms with Crippen LogP contribution in [0.15, 0.2) is 0 Å². The second-order valence-corrected chi connectivity index (χ2v) is 5.40. The molecule has 0 aliphatic heterocycles. The van der Waals surface area contributed by atoms with E-state index in [1.165, 1.54) is 0 Å². The van der Waals surface area contributed by atoms with E-state index in [4.69, 9.17) is 0 Å². The highest BCUT2D eigenvalue weighted by Crippen LogP contribution is 2.18. The molecule has 1 rings (SSSR count). The maximum Gasteiger partial charge on any atom is 0.213 e. The second kappa shape index (κ2) is 4.93. The van der Waals surface area contributed by atoms with E-state index >= 15 is 0 Å². The molecule has 0 aromatic heterocycles. The normalized spacial score (nSPS) is 19.5. The summed E-state index contributed by atoms with van der Waals surface area (Å²) in [4.78, 5) is 0. The van der Waals surface area contributed by atoms with Gasteiger partial charge in [0, 0.05) is 12.6 Å². The summed E-state index contributed by atoms with van der Waals surface area (Å²) >= 11 is 0. The molecule has 0 saturated heterocycles. The Morgan fingerprint density at radius 3 is 2.46 bits per heavy atom. The zero-order valence-electron chi connectivity index (χ0n) is 8.04. The number of hydrogen-bond acceptors (Lipinski definition) is 3. The third-order valence-corrected chi connectivity index (χ3v) is 3.76. The van der Waals surface area contributed by atoms with Gasteiger partial charge in [0.2, 0.25) is 10.0 Å². The summed E-state index contributed by atoms with van der Waals surface area (Å²) in [5.41, 5.74) is 0. The molecular weight excluding hydrogens is 188 g/mol. The first-order valence-electron chi connectivity index (χ1n) is 4.78. The Labute approximate surface area is 80.1 Å². The van der Waals surface area contributed by atoms with Gasteiger partial charge < -0.3 is 5.32 Å². The summed E-state index contributed by atoms with van der Waals surface area (Å²) < 4.78 is 25.5. The first-order chi connectivity index (χ1) is 6.14. The molecule has 1 fully saturated rings. The van der Waals surface area contributed by atoms with E-state index in [1.807, 2.05) is 0 Å². The van der Waals surface area contributed by atoms with Crippen LogP contribution in [0.5, 0.6) is 0 Å². The lowest BCUT2D eigenvalue weighted by Gasteiger charge is -2.11. The highest BCUT2D eigenvalue weighted by molar-refractivity contribution is 7.89. The standard InChI is InChI=1S/C8H18N2O2S/c1-9-6-7-13(11,12)10-8-4-2-3-5-8/h8-10H,2-7H2,1H3. The van der Waals surface area contributed by atoms with E-state index in [-0.39, 0.29) is 11.8 Å². The molecule has 0 spiro atoms. The van der Waals surface area contributed by atoms with Crippen molar-refractivity contribution >= 4 is 10.0 Å². The summed E-state index contributed by atoms with van der Waals surface area (Å²) in [5.74, 6) is 0.181. The van der Waals surface area contributed by atoms with Crippen LogP contribution in [0.2, 0.25) is 0 Å². The van der Waals surface area contributed by atoms with Crippen LogP contribution in [0.4, 0.5) is 0 Å². The number of hydrogen-bond donors (Lipinski definition) is 2. The lowest BCUT2D eigenvalue weighted by molar-refractivity contribution is 0.550. The number of sulfonamides is 1. The van der Waals surface area contributed by atoms with Crippen molar-refractivity contribution < 1.29 is 8.42 Å². The van der Waals surface area contributed by atoms with Gasteiger partial charge >= 0.3 is 0 Å². The van der Waals surface area contributed by atoms with Crippen molar-refractivity contribution in [3.8, 4) is 0 Å². The minimum atomic E-state index is -3.04. The number of rotatable bonds is 5. The number of nitrogens with one attached hydrogen (secondary N) is 2. The maximum absolute atomic E-state index is 11.4. The molecule has 1 saturated carbocycles. The average molecular weight is 206 g/mol. The van der Waals surface area contributed by atoms with Crippen LogP contribution >= 0.6 is 0 Å². The molecule has 2 N–H and O–H groups in total. The van der Waals surface area contributed by atoms with Gasteiger partial charge in [0.1, 0.15) is 0 Å². The van der Waals surface area contributed by atoms with Crippen LogP contribution < -0.4 is 10.0 Å². The first-order valence-corrected chi connectivity index (χ1v) is 6.44. The lowest BCUT2D eigenvalue weighted by atomic mass is 10.3. The lowest BCUT2D eigenvalue weighted by Crippen LogP contribution is -2.36. The van der Waals surface area contributed by atoms with Crippen molar-refractivity contribution in [1.82, 2.24) is 10.0 Å². The average Bonchev–Trinajstić information content (AvgIpc) is 2.52. The Bertz CT molecular complexity index is 233. The van der Waals surface area contributed by atoms with E-state index in [2.05, 4.69) is 10.0 Å². The van der Waals surface area contributed by atoms with Gasteiger partial charge in [-0.15, -0.1) is 0 Å². The Balaban J connectivity index is 2.32. The summed E-state index contributed by atoms with van der Waals surface area (Å²) in [6.07, 6.45) is 4.30. The maximum atomic E-state index is 11.4. The van der Waals surface area contributed by atoms with E-state index in [1.54, 1.807) is 7.05 Å². The zero-order chi connectivity index (χ0) is 9.73. The predicted molar refractivity (Wildman–Crippen MR) is 53.1 cm³/mol. The molecule has 78 valence electrons. The summed E-state index contributed by atoms with van der Waals surface area (Å²) in [7, 11) is -1.28. The molecule has 0 amide bonds. The fraction of sp³-hybridized carbons (Fsp3) is 1.00. The molecule has 5 heteroatoms. The summed E-state index contributed by atoms with van der Waals surface area (Å²) in [6, 6.07) is 0.196. The monoisotopic (exact) mass is 206 g/mol. The molecule has 1 aliphatic rings. The van der Waals surface area contributed by atoms with Crippen molar-refractivity contribution in [3.05, 3.63) is 0 Å².